The quantitative estimate of drug-likeness (QED) is 0.787. The Morgan fingerprint density at radius 2 is 2.18 bits per heavy atom. The van der Waals surface area contributed by atoms with Crippen molar-refractivity contribution in [2.24, 2.45) is 11.7 Å². The van der Waals surface area contributed by atoms with Crippen LogP contribution in [-0.2, 0) is 9.53 Å². The van der Waals surface area contributed by atoms with Crippen molar-refractivity contribution in [2.45, 2.75) is 50.7 Å². The molecular formula is C13H24N2O2. The average molecular weight is 240 g/mol. The van der Waals surface area contributed by atoms with E-state index in [1.54, 1.807) is 7.11 Å². The van der Waals surface area contributed by atoms with E-state index in [1.165, 1.54) is 0 Å². The standard InChI is InChI=1S/C13H24N2O2/c1-13(14)7-4-3-5-11(13)12(16)15-8-6-10(9-15)17-2/h10-11H,3-9,14H2,1-2H3/t10-,11?,13?/m0/s1. The molecule has 0 bridgehead atoms. The lowest BCUT2D eigenvalue weighted by molar-refractivity contribution is -0.138. The van der Waals surface area contributed by atoms with Crippen LogP contribution < -0.4 is 5.73 Å². The first-order chi connectivity index (χ1) is 8.04. The van der Waals surface area contributed by atoms with Crippen molar-refractivity contribution < 1.29 is 9.53 Å². The van der Waals surface area contributed by atoms with Gasteiger partial charge in [0, 0.05) is 25.7 Å². The number of ether oxygens (including phenoxy) is 1. The van der Waals surface area contributed by atoms with Gasteiger partial charge in [0.25, 0.3) is 0 Å². The third-order valence-corrected chi connectivity index (χ3v) is 4.34. The topological polar surface area (TPSA) is 55.6 Å². The van der Waals surface area contributed by atoms with Crippen molar-refractivity contribution in [3.8, 4) is 0 Å². The number of methoxy groups -OCH3 is 1. The molecule has 4 heteroatoms. The molecule has 0 aromatic rings. The number of carbonyl (C=O) groups excluding carboxylic acids is 1. The van der Waals surface area contributed by atoms with Gasteiger partial charge < -0.3 is 15.4 Å². The molecule has 0 radical (unpaired) electrons. The molecule has 1 saturated heterocycles. The number of nitrogens with zero attached hydrogens (tertiary/aromatic N) is 1. The van der Waals surface area contributed by atoms with Crippen LogP contribution in [0.1, 0.15) is 39.0 Å². The maximum absolute atomic E-state index is 12.5. The van der Waals surface area contributed by atoms with Crippen molar-refractivity contribution in [1.29, 1.82) is 0 Å². The number of hydrogen-bond acceptors (Lipinski definition) is 3. The summed E-state index contributed by atoms with van der Waals surface area (Å²) in [7, 11) is 1.71. The first-order valence-electron chi connectivity index (χ1n) is 6.65. The van der Waals surface area contributed by atoms with E-state index < -0.39 is 0 Å². The lowest BCUT2D eigenvalue weighted by Crippen LogP contribution is -2.53. The van der Waals surface area contributed by atoms with Crippen LogP contribution >= 0.6 is 0 Å². The van der Waals surface area contributed by atoms with Gasteiger partial charge in [0.05, 0.1) is 12.0 Å². The highest BCUT2D eigenvalue weighted by atomic mass is 16.5. The fourth-order valence-corrected chi connectivity index (χ4v) is 3.11. The number of rotatable bonds is 2. The van der Waals surface area contributed by atoms with E-state index >= 15 is 0 Å². The van der Waals surface area contributed by atoms with Gasteiger partial charge in [-0.1, -0.05) is 12.8 Å². The van der Waals surface area contributed by atoms with E-state index in [2.05, 4.69) is 0 Å². The molecule has 2 aliphatic rings. The van der Waals surface area contributed by atoms with E-state index in [-0.39, 0.29) is 23.5 Å². The summed E-state index contributed by atoms with van der Waals surface area (Å²) in [5.74, 6) is 0.251. The summed E-state index contributed by atoms with van der Waals surface area (Å²) in [6, 6.07) is 0. The zero-order valence-corrected chi connectivity index (χ0v) is 10.9. The number of likely N-dealkylation sites (tertiary alicyclic amines) is 1. The molecule has 2 N–H and O–H groups in total. The van der Waals surface area contributed by atoms with E-state index in [4.69, 9.17) is 10.5 Å². The number of amides is 1. The van der Waals surface area contributed by atoms with E-state index in [0.29, 0.717) is 0 Å². The molecule has 0 aromatic carbocycles. The summed E-state index contributed by atoms with van der Waals surface area (Å²) in [6.45, 7) is 3.59. The molecule has 2 fully saturated rings. The van der Waals surface area contributed by atoms with Gasteiger partial charge in [-0.25, -0.2) is 0 Å². The molecule has 2 unspecified atom stereocenters. The van der Waals surface area contributed by atoms with Gasteiger partial charge >= 0.3 is 0 Å². The molecule has 1 amide bonds. The molecule has 0 aromatic heterocycles. The van der Waals surface area contributed by atoms with Crippen molar-refractivity contribution in [1.82, 2.24) is 4.90 Å². The SMILES string of the molecule is CO[C@H]1CCN(C(=O)C2CCCCC2(C)N)C1. The molecule has 1 aliphatic carbocycles. The Kier molecular flexibility index (Phi) is 3.73. The minimum absolute atomic E-state index is 0.00635. The molecule has 1 saturated carbocycles. The smallest absolute Gasteiger partial charge is 0.227 e. The third-order valence-electron chi connectivity index (χ3n) is 4.34. The lowest BCUT2D eigenvalue weighted by Gasteiger charge is -2.39. The Labute approximate surface area is 103 Å². The molecule has 98 valence electrons. The lowest BCUT2D eigenvalue weighted by atomic mass is 9.74. The second-order valence-corrected chi connectivity index (χ2v) is 5.73. The van der Waals surface area contributed by atoms with E-state index in [9.17, 15) is 4.79 Å². The van der Waals surface area contributed by atoms with Gasteiger partial charge in [-0.2, -0.15) is 0 Å². The van der Waals surface area contributed by atoms with Crippen LogP contribution in [0.15, 0.2) is 0 Å². The average Bonchev–Trinajstić information content (AvgIpc) is 2.76. The largest absolute Gasteiger partial charge is 0.380 e. The summed E-state index contributed by atoms with van der Waals surface area (Å²) >= 11 is 0. The molecule has 2 rings (SSSR count). The minimum Gasteiger partial charge on any atom is -0.380 e. The summed E-state index contributed by atoms with van der Waals surface area (Å²) in [4.78, 5) is 14.4. The minimum atomic E-state index is -0.319. The second-order valence-electron chi connectivity index (χ2n) is 5.73. The van der Waals surface area contributed by atoms with Gasteiger partial charge in [-0.15, -0.1) is 0 Å². The van der Waals surface area contributed by atoms with Crippen LogP contribution in [0.25, 0.3) is 0 Å². The Balaban J connectivity index is 1.99. The third kappa shape index (κ3) is 2.63. The zero-order valence-electron chi connectivity index (χ0n) is 10.9. The monoisotopic (exact) mass is 240 g/mol. The molecule has 4 nitrogen and oxygen atoms in total. The normalized spacial score (nSPS) is 38.4. The number of carbonyl (C=O) groups is 1. The highest BCUT2D eigenvalue weighted by Gasteiger charge is 2.41. The molecule has 3 atom stereocenters. The highest BCUT2D eigenvalue weighted by molar-refractivity contribution is 5.80. The molecule has 0 spiro atoms. The van der Waals surface area contributed by atoms with Crippen LogP contribution in [0, 0.1) is 5.92 Å². The highest BCUT2D eigenvalue weighted by Crippen LogP contribution is 2.33. The first kappa shape index (κ1) is 12.8. The first-order valence-corrected chi connectivity index (χ1v) is 6.65. The Hall–Kier alpha value is -0.610. The predicted molar refractivity (Wildman–Crippen MR) is 66.5 cm³/mol. The van der Waals surface area contributed by atoms with Crippen LogP contribution in [-0.4, -0.2) is 42.6 Å². The van der Waals surface area contributed by atoms with Crippen LogP contribution in [0.4, 0.5) is 0 Å². The van der Waals surface area contributed by atoms with Crippen LogP contribution in [0.2, 0.25) is 0 Å². The number of hydrogen-bond donors (Lipinski definition) is 1. The van der Waals surface area contributed by atoms with Crippen LogP contribution in [0.3, 0.4) is 0 Å². The summed E-state index contributed by atoms with van der Waals surface area (Å²) in [5.41, 5.74) is 5.96. The Morgan fingerprint density at radius 3 is 2.76 bits per heavy atom. The fourth-order valence-electron chi connectivity index (χ4n) is 3.11. The summed E-state index contributed by atoms with van der Waals surface area (Å²) < 4.78 is 5.31. The van der Waals surface area contributed by atoms with Gasteiger partial charge in [0.2, 0.25) is 5.91 Å². The maximum Gasteiger partial charge on any atom is 0.227 e. The molecule has 17 heavy (non-hydrogen) atoms. The molecule has 1 heterocycles. The van der Waals surface area contributed by atoms with E-state index in [1.807, 2.05) is 11.8 Å². The fraction of sp³-hybridized carbons (Fsp3) is 0.923. The van der Waals surface area contributed by atoms with Gasteiger partial charge in [-0.05, 0) is 26.2 Å². The Bertz CT molecular complexity index is 291. The van der Waals surface area contributed by atoms with Gasteiger partial charge in [0.1, 0.15) is 0 Å². The second kappa shape index (κ2) is 4.94. The van der Waals surface area contributed by atoms with Crippen LogP contribution in [0.5, 0.6) is 0 Å². The summed E-state index contributed by atoms with van der Waals surface area (Å²) in [5, 5.41) is 0. The van der Waals surface area contributed by atoms with E-state index in [0.717, 1.165) is 45.2 Å². The maximum atomic E-state index is 12.5. The predicted octanol–water partition coefficient (Wildman–Crippen LogP) is 1.14. The van der Waals surface area contributed by atoms with Crippen molar-refractivity contribution in [3.63, 3.8) is 0 Å². The Morgan fingerprint density at radius 1 is 1.41 bits per heavy atom. The van der Waals surface area contributed by atoms with Crippen molar-refractivity contribution in [3.05, 3.63) is 0 Å². The number of nitrogens with two attached hydrogens (primary N) is 1. The van der Waals surface area contributed by atoms with Crippen molar-refractivity contribution in [2.75, 3.05) is 20.2 Å². The van der Waals surface area contributed by atoms with Gasteiger partial charge in [0.15, 0.2) is 0 Å². The molecular weight excluding hydrogens is 216 g/mol. The zero-order chi connectivity index (χ0) is 12.5. The van der Waals surface area contributed by atoms with Crippen molar-refractivity contribution >= 4 is 5.91 Å². The van der Waals surface area contributed by atoms with Gasteiger partial charge in [-0.3, -0.25) is 4.79 Å². The molecule has 1 aliphatic heterocycles. The summed E-state index contributed by atoms with van der Waals surface area (Å²) in [6.07, 6.45) is 5.36.